The van der Waals surface area contributed by atoms with Crippen LogP contribution >= 0.6 is 11.6 Å². The fourth-order valence-corrected chi connectivity index (χ4v) is 7.86. The summed E-state index contributed by atoms with van der Waals surface area (Å²) in [6, 6.07) is 22.0. The monoisotopic (exact) mass is 939 g/mol. The number of hydrogen-bond acceptors (Lipinski definition) is 11. The van der Waals surface area contributed by atoms with E-state index in [1.54, 1.807) is 49.3 Å². The van der Waals surface area contributed by atoms with Crippen molar-refractivity contribution in [2.75, 3.05) is 83.6 Å². The van der Waals surface area contributed by atoms with E-state index in [1.165, 1.54) is 9.80 Å². The zero-order chi connectivity index (χ0) is 48.4. The van der Waals surface area contributed by atoms with Crippen molar-refractivity contribution >= 4 is 74.6 Å². The molecular weight excluding hydrogens is 878 g/mol. The summed E-state index contributed by atoms with van der Waals surface area (Å²) >= 11 is 6.54. The highest BCUT2D eigenvalue weighted by molar-refractivity contribution is 6.19. The summed E-state index contributed by atoms with van der Waals surface area (Å²) in [4.78, 5) is 76.2. The molecule has 7 N–H and O–H groups in total. The van der Waals surface area contributed by atoms with E-state index in [4.69, 9.17) is 37.3 Å². The first kappa shape index (κ1) is 50.0. The minimum atomic E-state index is -0.810. The van der Waals surface area contributed by atoms with Crippen LogP contribution in [0.1, 0.15) is 54.2 Å². The third-order valence-electron chi connectivity index (χ3n) is 11.7. The Morgan fingerprint density at radius 1 is 0.881 bits per heavy atom. The van der Waals surface area contributed by atoms with E-state index in [2.05, 4.69) is 15.6 Å². The lowest BCUT2D eigenvalue weighted by Crippen LogP contribution is -2.51. The summed E-state index contributed by atoms with van der Waals surface area (Å²) in [6.07, 6.45) is -0.380. The van der Waals surface area contributed by atoms with Gasteiger partial charge in [0, 0.05) is 80.1 Å². The van der Waals surface area contributed by atoms with Crippen molar-refractivity contribution in [1.29, 1.82) is 0 Å². The quantitative estimate of drug-likeness (QED) is 0.0563. The number of fused-ring (bicyclic) bond motifs is 4. The van der Waals surface area contributed by atoms with Gasteiger partial charge in [-0.1, -0.05) is 50.2 Å². The maximum absolute atomic E-state index is 14.3. The van der Waals surface area contributed by atoms with Crippen LogP contribution in [0.4, 0.5) is 21.0 Å². The molecule has 6 rings (SSSR count). The van der Waals surface area contributed by atoms with Gasteiger partial charge in [-0.3, -0.25) is 14.4 Å². The topological polar surface area (TPSA) is 218 Å². The highest BCUT2D eigenvalue weighted by atomic mass is 35.5. The average molecular weight is 941 g/mol. The summed E-state index contributed by atoms with van der Waals surface area (Å²) in [5, 5.41) is 7.91. The van der Waals surface area contributed by atoms with Gasteiger partial charge in [0.25, 0.3) is 5.91 Å². The highest BCUT2D eigenvalue weighted by Gasteiger charge is 2.36. The largest absolute Gasteiger partial charge is 0.492 e. The Morgan fingerprint density at radius 2 is 1.58 bits per heavy atom. The average Bonchev–Trinajstić information content (AvgIpc) is 3.92. The lowest BCUT2D eigenvalue weighted by atomic mass is 9.95. The fourth-order valence-electron chi connectivity index (χ4n) is 7.61. The summed E-state index contributed by atoms with van der Waals surface area (Å²) < 4.78 is 17.5. The van der Waals surface area contributed by atoms with E-state index in [1.807, 2.05) is 81.4 Å². The minimum Gasteiger partial charge on any atom is -0.492 e. The van der Waals surface area contributed by atoms with Gasteiger partial charge in [0.2, 0.25) is 11.8 Å². The maximum Gasteiger partial charge on any atom is 0.415 e. The number of H-pyrrole nitrogens is 1. The Hall–Kier alpha value is -6.40. The molecule has 0 saturated carbocycles. The third kappa shape index (κ3) is 12.5. The molecule has 4 aromatic carbocycles. The van der Waals surface area contributed by atoms with Crippen molar-refractivity contribution < 1.29 is 38.2 Å². The Morgan fingerprint density at radius 3 is 2.25 bits per heavy atom. The van der Waals surface area contributed by atoms with Crippen LogP contribution in [0.2, 0.25) is 0 Å². The second kappa shape index (κ2) is 22.9. The molecule has 3 atom stereocenters. The maximum atomic E-state index is 14.3. The number of nitrogens with two attached hydrogens (primary N) is 2. The molecule has 0 aliphatic carbocycles. The SMILES string of the molecule is CC(C)C(N)C(=O)NC(CCCN)C(=O)Nc1ccc(COC(=O)N(C)CCN(C)C(=O)Oc2cc3c(c4ccccc24)C(CCl)CN3C(=O)c2cc3cc(OCCN(C)C)ccc3[nH]2)cc1. The molecule has 1 aliphatic rings. The van der Waals surface area contributed by atoms with Crippen LogP contribution in [0, 0.1) is 5.92 Å². The van der Waals surface area contributed by atoms with Crippen molar-refractivity contribution in [2.24, 2.45) is 17.4 Å². The summed E-state index contributed by atoms with van der Waals surface area (Å²) in [6.45, 7) is 5.88. The molecule has 67 heavy (non-hydrogen) atoms. The second-order valence-corrected chi connectivity index (χ2v) is 17.7. The molecule has 0 spiro atoms. The van der Waals surface area contributed by atoms with Crippen molar-refractivity contribution in [2.45, 2.75) is 51.3 Å². The lowest BCUT2D eigenvalue weighted by Gasteiger charge is -2.23. The van der Waals surface area contributed by atoms with E-state index in [-0.39, 0.29) is 49.1 Å². The molecule has 0 radical (unpaired) electrons. The molecule has 1 aromatic heterocycles. The molecule has 5 aromatic rings. The molecule has 1 aliphatic heterocycles. The molecule has 18 heteroatoms. The van der Waals surface area contributed by atoms with Gasteiger partial charge < -0.3 is 60.9 Å². The molecule has 358 valence electrons. The molecule has 0 fully saturated rings. The molecule has 0 saturated heterocycles. The molecular formula is C49H62ClN9O8. The fraction of sp³-hybridized carbons (Fsp3) is 0.408. The predicted molar refractivity (Wildman–Crippen MR) is 261 cm³/mol. The van der Waals surface area contributed by atoms with E-state index >= 15 is 0 Å². The van der Waals surface area contributed by atoms with Crippen LogP contribution in [0.15, 0.2) is 78.9 Å². The molecule has 5 amide bonds. The standard InChI is InChI=1S/C49H62ClN9O8/c1-30(2)44(52)46(61)55-39(12-9-19-51)45(60)53-34-15-13-31(14-16-34)29-66-48(63)57(5)20-21-58(6)49(64)67-42-26-41-43(37-11-8-7-10-36(37)42)33(27-50)28-59(41)47(62)40-25-32-24-35(17-18-38(32)54-40)65-23-22-56(3)4/h7-8,10-11,13-18,24-26,30,33,39,44,54H,9,12,19-23,27-29,51-52H2,1-6H3,(H,53,60)(H,55,61). The van der Waals surface area contributed by atoms with E-state index in [0.29, 0.717) is 66.3 Å². The molecule has 17 nitrogen and oxygen atoms in total. The number of hydrogen-bond donors (Lipinski definition) is 5. The van der Waals surface area contributed by atoms with Crippen LogP contribution in [-0.4, -0.2) is 135 Å². The Balaban J connectivity index is 1.05. The number of anilines is 2. The van der Waals surface area contributed by atoms with Crippen LogP contribution in [0.5, 0.6) is 11.5 Å². The van der Waals surface area contributed by atoms with E-state index in [9.17, 15) is 24.0 Å². The number of likely N-dealkylation sites (N-methyl/N-ethyl adjacent to an activating group) is 3. The summed E-state index contributed by atoms with van der Waals surface area (Å²) in [5.41, 5.74) is 15.5. The van der Waals surface area contributed by atoms with Crippen LogP contribution in [0.3, 0.4) is 0 Å². The van der Waals surface area contributed by atoms with Gasteiger partial charge in [0.15, 0.2) is 0 Å². The van der Waals surface area contributed by atoms with E-state index in [0.717, 1.165) is 28.4 Å². The Bertz CT molecular complexity index is 2550. The van der Waals surface area contributed by atoms with Crippen LogP contribution in [0.25, 0.3) is 21.7 Å². The zero-order valence-electron chi connectivity index (χ0n) is 39.0. The van der Waals surface area contributed by atoms with Crippen LogP contribution in [-0.2, 0) is 20.9 Å². The number of nitrogens with one attached hydrogen (secondary N) is 3. The van der Waals surface area contributed by atoms with Gasteiger partial charge in [-0.2, -0.15) is 0 Å². The van der Waals surface area contributed by atoms with Gasteiger partial charge >= 0.3 is 12.2 Å². The molecule has 0 bridgehead atoms. The minimum absolute atomic E-state index is 0.0411. The predicted octanol–water partition coefficient (Wildman–Crippen LogP) is 6.09. The smallest absolute Gasteiger partial charge is 0.415 e. The van der Waals surface area contributed by atoms with Crippen molar-refractivity contribution in [3.05, 3.63) is 95.7 Å². The summed E-state index contributed by atoms with van der Waals surface area (Å²) in [5.74, 6) is -0.0541. The van der Waals surface area contributed by atoms with Gasteiger partial charge in [0.1, 0.15) is 36.4 Å². The summed E-state index contributed by atoms with van der Waals surface area (Å²) in [7, 11) is 7.10. The number of ether oxygens (including phenoxy) is 3. The Labute approximate surface area is 396 Å². The number of nitrogens with zero attached hydrogens (tertiary/aromatic N) is 4. The number of carbonyl (C=O) groups is 5. The second-order valence-electron chi connectivity index (χ2n) is 17.4. The van der Waals surface area contributed by atoms with Crippen molar-refractivity contribution in [1.82, 2.24) is 25.0 Å². The van der Waals surface area contributed by atoms with Gasteiger partial charge in [-0.25, -0.2) is 9.59 Å². The van der Waals surface area contributed by atoms with Gasteiger partial charge in [0.05, 0.1) is 11.7 Å². The first-order chi connectivity index (χ1) is 32.1. The first-order valence-electron chi connectivity index (χ1n) is 22.4. The Kier molecular flexibility index (Phi) is 17.1. The zero-order valence-corrected chi connectivity index (χ0v) is 39.7. The van der Waals surface area contributed by atoms with Crippen molar-refractivity contribution in [3.63, 3.8) is 0 Å². The lowest BCUT2D eigenvalue weighted by molar-refractivity contribution is -0.128. The normalized spacial score (nSPS) is 14.2. The van der Waals surface area contributed by atoms with Gasteiger partial charge in [-0.15, -0.1) is 11.6 Å². The number of rotatable bonds is 20. The van der Waals surface area contributed by atoms with Crippen LogP contribution < -0.4 is 36.5 Å². The number of halogens is 1. The third-order valence-corrected chi connectivity index (χ3v) is 12.1. The van der Waals surface area contributed by atoms with Crippen molar-refractivity contribution in [3.8, 4) is 11.5 Å². The first-order valence-corrected chi connectivity index (χ1v) is 22.9. The molecule has 3 unspecified atom stereocenters. The van der Waals surface area contributed by atoms with E-state index < -0.39 is 36.1 Å². The molecule has 2 heterocycles. The number of alkyl halides is 1. The van der Waals surface area contributed by atoms with Gasteiger partial charge in [-0.05, 0) is 92.3 Å². The number of amides is 5. The number of aromatic nitrogens is 1. The number of benzene rings is 4. The number of aromatic amines is 1. The number of carbonyl (C=O) groups excluding carboxylic acids is 5. The highest BCUT2D eigenvalue weighted by Crippen LogP contribution is 2.46.